The van der Waals surface area contributed by atoms with Crippen LogP contribution in [0.4, 0.5) is 17.2 Å². The van der Waals surface area contributed by atoms with E-state index in [0.29, 0.717) is 32.2 Å². The van der Waals surface area contributed by atoms with E-state index in [1.807, 2.05) is 48.5 Å². The van der Waals surface area contributed by atoms with Crippen molar-refractivity contribution in [2.24, 2.45) is 0 Å². The van der Waals surface area contributed by atoms with Gasteiger partial charge in [-0.2, -0.15) is 0 Å². The minimum absolute atomic E-state index is 0.200. The van der Waals surface area contributed by atoms with Crippen molar-refractivity contribution in [3.63, 3.8) is 0 Å². The van der Waals surface area contributed by atoms with Gasteiger partial charge in [-0.25, -0.2) is 0 Å². The largest absolute Gasteiger partial charge is 0.490 e. The quantitative estimate of drug-likeness (QED) is 0.153. The highest BCUT2D eigenvalue weighted by molar-refractivity contribution is 6.30. The molecule has 0 radical (unpaired) electrons. The molecule has 0 amide bonds. The molecule has 0 spiro atoms. The van der Waals surface area contributed by atoms with Gasteiger partial charge in [0.15, 0.2) is 0 Å². The van der Waals surface area contributed by atoms with Crippen molar-refractivity contribution >= 4 is 28.8 Å². The van der Waals surface area contributed by atoms with Crippen LogP contribution < -0.4 is 24.0 Å². The monoisotopic (exact) mass is 603 g/mol. The molecule has 0 aliphatic carbocycles. The van der Waals surface area contributed by atoms with Gasteiger partial charge in [-0.05, 0) is 84.0 Å². The van der Waals surface area contributed by atoms with Crippen LogP contribution in [0.1, 0.15) is 24.8 Å². The first-order valence-electron chi connectivity index (χ1n) is 14.5. The van der Waals surface area contributed by atoms with Gasteiger partial charge < -0.3 is 34.1 Å². The van der Waals surface area contributed by atoms with Crippen LogP contribution in [0.25, 0.3) is 0 Å². The summed E-state index contributed by atoms with van der Waals surface area (Å²) in [6, 6.07) is 24.9. The Balaban J connectivity index is 0.945. The van der Waals surface area contributed by atoms with E-state index >= 15 is 0 Å². The average molecular weight is 604 g/mol. The van der Waals surface area contributed by atoms with Gasteiger partial charge in [-0.3, -0.25) is 4.57 Å². The van der Waals surface area contributed by atoms with Crippen molar-refractivity contribution in [3.05, 3.63) is 99.7 Å². The molecule has 1 atom stereocenters. The summed E-state index contributed by atoms with van der Waals surface area (Å²) in [5, 5.41) is 11.7. The lowest BCUT2D eigenvalue weighted by Crippen LogP contribution is -2.43. The number of fused-ring (bicyclic) bond motifs is 1. The van der Waals surface area contributed by atoms with E-state index in [2.05, 4.69) is 46.1 Å². The fourth-order valence-corrected chi connectivity index (χ4v) is 5.65. The van der Waals surface area contributed by atoms with Crippen molar-refractivity contribution in [3.8, 4) is 17.5 Å². The number of ether oxygens (including phenoxy) is 3. The molecule has 0 bridgehead atoms. The molecule has 11 heteroatoms. The van der Waals surface area contributed by atoms with Crippen LogP contribution in [0.3, 0.4) is 0 Å². The Morgan fingerprint density at radius 2 is 1.63 bits per heavy atom. The van der Waals surface area contributed by atoms with Crippen molar-refractivity contribution in [1.29, 1.82) is 0 Å². The first-order valence-corrected chi connectivity index (χ1v) is 14.9. The van der Waals surface area contributed by atoms with Crippen LogP contribution in [0.15, 0.2) is 79.0 Å². The number of halogens is 1. The summed E-state index contributed by atoms with van der Waals surface area (Å²) in [7, 11) is 2.17. The molecule has 43 heavy (non-hydrogen) atoms. The third-order valence-electron chi connectivity index (χ3n) is 8.09. The molecule has 0 N–H and O–H groups in total. The summed E-state index contributed by atoms with van der Waals surface area (Å²) in [4.78, 5) is 19.2. The SMILES string of the molecule is CN(c1ccc(OCc2ccc(Cl)cc2)cc1)C1CCN(c2ccc(OC[C@H]3CCn4cc([N+](=O)[O-])nc4O3)cc2)CC1. The van der Waals surface area contributed by atoms with E-state index in [0.717, 1.165) is 48.0 Å². The Labute approximate surface area is 255 Å². The molecule has 0 unspecified atom stereocenters. The van der Waals surface area contributed by atoms with Crippen LogP contribution in [0.5, 0.6) is 17.5 Å². The number of anilines is 2. The van der Waals surface area contributed by atoms with Gasteiger partial charge in [0.25, 0.3) is 0 Å². The molecule has 1 aromatic heterocycles. The molecule has 4 aromatic rings. The third kappa shape index (κ3) is 6.97. The van der Waals surface area contributed by atoms with E-state index in [9.17, 15) is 10.1 Å². The van der Waals surface area contributed by atoms with Crippen LogP contribution in [-0.2, 0) is 13.2 Å². The molecule has 1 saturated heterocycles. The highest BCUT2D eigenvalue weighted by Crippen LogP contribution is 2.29. The summed E-state index contributed by atoms with van der Waals surface area (Å²) in [5.74, 6) is 1.41. The summed E-state index contributed by atoms with van der Waals surface area (Å²) in [6.07, 6.45) is 4.03. The Bertz CT molecular complexity index is 1520. The summed E-state index contributed by atoms with van der Waals surface area (Å²) in [6.45, 7) is 3.43. The summed E-state index contributed by atoms with van der Waals surface area (Å²) < 4.78 is 19.4. The zero-order valence-electron chi connectivity index (χ0n) is 24.0. The average Bonchev–Trinajstić information content (AvgIpc) is 3.48. The van der Waals surface area contributed by atoms with E-state index in [1.165, 1.54) is 17.6 Å². The molecule has 3 aromatic carbocycles. The van der Waals surface area contributed by atoms with Gasteiger partial charge >= 0.3 is 11.8 Å². The fraction of sp³-hybridized carbons (Fsp3) is 0.344. The first kappa shape index (κ1) is 28.7. The lowest BCUT2D eigenvalue weighted by molar-refractivity contribution is -0.389. The van der Waals surface area contributed by atoms with Gasteiger partial charge in [-0.15, -0.1) is 0 Å². The van der Waals surface area contributed by atoms with Gasteiger partial charge in [0, 0.05) is 60.5 Å². The Kier molecular flexibility index (Phi) is 8.55. The van der Waals surface area contributed by atoms with E-state index in [4.69, 9.17) is 25.8 Å². The highest BCUT2D eigenvalue weighted by atomic mass is 35.5. The van der Waals surface area contributed by atoms with E-state index in [-0.39, 0.29) is 17.9 Å². The van der Waals surface area contributed by atoms with Crippen molar-refractivity contribution in [2.75, 3.05) is 36.5 Å². The molecule has 3 heterocycles. The molecule has 6 rings (SSSR count). The second kappa shape index (κ2) is 12.8. The predicted octanol–water partition coefficient (Wildman–Crippen LogP) is 6.36. The van der Waals surface area contributed by atoms with Crippen molar-refractivity contribution in [1.82, 2.24) is 9.55 Å². The number of hydrogen-bond acceptors (Lipinski definition) is 8. The maximum Gasteiger partial charge on any atom is 0.414 e. The minimum atomic E-state index is -0.511. The van der Waals surface area contributed by atoms with Crippen LogP contribution in [-0.4, -0.2) is 53.4 Å². The second-order valence-corrected chi connectivity index (χ2v) is 11.3. The number of aromatic nitrogens is 2. The zero-order valence-corrected chi connectivity index (χ0v) is 24.7. The number of rotatable bonds is 10. The fourth-order valence-electron chi connectivity index (χ4n) is 5.53. The number of nitro groups is 1. The van der Waals surface area contributed by atoms with Gasteiger partial charge in [0.05, 0.1) is 0 Å². The number of hydrogen-bond donors (Lipinski definition) is 0. The lowest BCUT2D eigenvalue weighted by atomic mass is 10.0. The standard InChI is InChI=1S/C32H34ClN5O5/c1-35(25-6-10-28(11-7-25)41-21-23-2-4-24(33)5-3-23)26-14-17-36(18-15-26)27-8-12-29(13-9-27)42-22-30-16-19-37-20-31(38(39)40)34-32(37)43-30/h2-13,20,26,30H,14-19,21-22H2,1H3/t30-/m1/s1. The molecule has 224 valence electrons. The maximum atomic E-state index is 11.0. The van der Waals surface area contributed by atoms with E-state index in [1.54, 1.807) is 4.57 Å². The molecular weight excluding hydrogens is 570 g/mol. The van der Waals surface area contributed by atoms with Gasteiger partial charge in [-0.1, -0.05) is 23.7 Å². The molecule has 0 saturated carbocycles. The number of imidazole rings is 1. The number of nitrogens with zero attached hydrogens (tertiary/aromatic N) is 5. The smallest absolute Gasteiger partial charge is 0.414 e. The number of aryl methyl sites for hydroxylation is 1. The Hall–Kier alpha value is -4.44. The van der Waals surface area contributed by atoms with Gasteiger partial charge in [0.1, 0.15) is 37.0 Å². The van der Waals surface area contributed by atoms with E-state index < -0.39 is 4.92 Å². The van der Waals surface area contributed by atoms with Crippen LogP contribution >= 0.6 is 11.6 Å². The molecule has 2 aliphatic heterocycles. The van der Waals surface area contributed by atoms with Crippen LogP contribution in [0, 0.1) is 10.1 Å². The Morgan fingerprint density at radius 3 is 2.33 bits per heavy atom. The maximum absolute atomic E-state index is 11.0. The normalized spacial score (nSPS) is 16.7. The molecule has 2 aliphatic rings. The lowest BCUT2D eigenvalue weighted by Gasteiger charge is -2.39. The predicted molar refractivity (Wildman–Crippen MR) is 166 cm³/mol. The topological polar surface area (TPSA) is 95.1 Å². The molecular formula is C32H34ClN5O5. The second-order valence-electron chi connectivity index (χ2n) is 10.9. The van der Waals surface area contributed by atoms with Crippen molar-refractivity contribution < 1.29 is 19.1 Å². The van der Waals surface area contributed by atoms with Gasteiger partial charge in [0.2, 0.25) is 0 Å². The summed E-state index contributed by atoms with van der Waals surface area (Å²) >= 11 is 5.96. The number of benzene rings is 3. The van der Waals surface area contributed by atoms with Crippen molar-refractivity contribution in [2.45, 2.75) is 44.6 Å². The third-order valence-corrected chi connectivity index (χ3v) is 8.34. The Morgan fingerprint density at radius 1 is 0.953 bits per heavy atom. The highest BCUT2D eigenvalue weighted by Gasteiger charge is 2.28. The molecule has 10 nitrogen and oxygen atoms in total. The summed E-state index contributed by atoms with van der Waals surface area (Å²) in [5.41, 5.74) is 3.45. The first-order chi connectivity index (χ1) is 20.9. The zero-order chi connectivity index (χ0) is 29.8. The number of piperidine rings is 1. The minimum Gasteiger partial charge on any atom is -0.490 e. The van der Waals surface area contributed by atoms with Crippen LogP contribution in [0.2, 0.25) is 5.02 Å². The molecule has 1 fully saturated rings.